The van der Waals surface area contributed by atoms with Crippen molar-refractivity contribution in [1.29, 1.82) is 0 Å². The number of rotatable bonds is 6. The molecule has 0 aromatic carbocycles. The highest BCUT2D eigenvalue weighted by Crippen LogP contribution is 2.10. The van der Waals surface area contributed by atoms with Gasteiger partial charge in [0, 0.05) is 25.1 Å². The maximum Gasteiger partial charge on any atom is 0.0495 e. The molecule has 0 unspecified atom stereocenters. The highest BCUT2D eigenvalue weighted by atomic mass is 16.8. The van der Waals surface area contributed by atoms with Crippen LogP contribution in [0.5, 0.6) is 0 Å². The molecule has 0 aliphatic carbocycles. The fourth-order valence-electron chi connectivity index (χ4n) is 0.411. The second-order valence-electron chi connectivity index (χ2n) is 3.24. The average molecular weight is 162 g/mol. The summed E-state index contributed by atoms with van der Waals surface area (Å²) in [6.45, 7) is 7.38. The van der Waals surface area contributed by atoms with E-state index in [4.69, 9.17) is 10.0 Å². The monoisotopic (exact) mass is 162 g/mol. The molecule has 3 N–H and O–H groups in total. The lowest BCUT2D eigenvalue weighted by atomic mass is 9.96. The molecule has 4 heteroatoms. The molecule has 0 spiro atoms. The molecular formula is C7H18N2O2. The molecule has 0 bridgehead atoms. The number of hydroxylamine groups is 2. The van der Waals surface area contributed by atoms with Crippen LogP contribution in [0.15, 0.2) is 0 Å². The molecule has 0 aliphatic heterocycles. The zero-order valence-electron chi connectivity index (χ0n) is 7.48. The van der Waals surface area contributed by atoms with Gasteiger partial charge in [-0.25, -0.2) is 4.94 Å². The first-order chi connectivity index (χ1) is 5.12. The van der Waals surface area contributed by atoms with E-state index in [0.717, 1.165) is 6.54 Å². The van der Waals surface area contributed by atoms with Crippen LogP contribution in [0.3, 0.4) is 0 Å². The average Bonchev–Trinajstić information content (AvgIpc) is 1.99. The van der Waals surface area contributed by atoms with Crippen LogP contribution >= 0.6 is 0 Å². The normalized spacial score (nSPS) is 12.0. The van der Waals surface area contributed by atoms with Gasteiger partial charge in [0.2, 0.25) is 0 Å². The van der Waals surface area contributed by atoms with Gasteiger partial charge in [0.05, 0.1) is 0 Å². The number of aliphatic hydroxyl groups excluding tert-OH is 1. The van der Waals surface area contributed by atoms with Gasteiger partial charge in [0.25, 0.3) is 0 Å². The molecule has 0 amide bonds. The summed E-state index contributed by atoms with van der Waals surface area (Å²) in [4.78, 5) is 4.81. The number of nitrogens with one attached hydrogen (secondary N) is 2. The van der Waals surface area contributed by atoms with Crippen molar-refractivity contribution in [2.45, 2.75) is 20.8 Å². The third kappa shape index (κ3) is 6.25. The smallest absolute Gasteiger partial charge is 0.0495 e. The third-order valence-corrected chi connectivity index (χ3v) is 1.27. The first-order valence-corrected chi connectivity index (χ1v) is 3.85. The van der Waals surface area contributed by atoms with Gasteiger partial charge in [-0.05, 0) is 0 Å². The van der Waals surface area contributed by atoms with Gasteiger partial charge in [-0.1, -0.05) is 20.8 Å². The molecule has 0 saturated carbocycles. The van der Waals surface area contributed by atoms with Crippen molar-refractivity contribution in [2.75, 3.05) is 19.7 Å². The van der Waals surface area contributed by atoms with Gasteiger partial charge in [-0.3, -0.25) is 0 Å². The van der Waals surface area contributed by atoms with Crippen LogP contribution in [-0.2, 0) is 4.94 Å². The largest absolute Gasteiger partial charge is 0.396 e. The van der Waals surface area contributed by atoms with E-state index in [1.54, 1.807) is 0 Å². The van der Waals surface area contributed by atoms with Crippen LogP contribution in [0.1, 0.15) is 20.8 Å². The second-order valence-corrected chi connectivity index (χ2v) is 3.24. The predicted octanol–water partition coefficient (Wildman–Crippen LogP) is 0.0506. The Kier molecular flexibility index (Phi) is 5.41. The topological polar surface area (TPSA) is 53.5 Å². The highest BCUT2D eigenvalue weighted by Gasteiger charge is 2.15. The van der Waals surface area contributed by atoms with E-state index in [-0.39, 0.29) is 12.0 Å². The molecule has 68 valence electrons. The van der Waals surface area contributed by atoms with Crippen molar-refractivity contribution >= 4 is 0 Å². The lowest BCUT2D eigenvalue weighted by Gasteiger charge is -2.21. The molecule has 4 nitrogen and oxygen atoms in total. The van der Waals surface area contributed by atoms with Gasteiger partial charge in [-0.15, -0.1) is 0 Å². The molecule has 0 radical (unpaired) electrons. The minimum absolute atomic E-state index is 0.130. The summed E-state index contributed by atoms with van der Waals surface area (Å²) in [6, 6.07) is 0. The lowest BCUT2D eigenvalue weighted by Crippen LogP contribution is -2.35. The fraction of sp³-hybridized carbons (Fsp3) is 1.00. The quantitative estimate of drug-likeness (QED) is 0.381. The van der Waals surface area contributed by atoms with E-state index < -0.39 is 0 Å². The van der Waals surface area contributed by atoms with E-state index >= 15 is 0 Å². The van der Waals surface area contributed by atoms with Crippen LogP contribution in [-0.4, -0.2) is 24.8 Å². The Morgan fingerprint density at radius 2 is 2.00 bits per heavy atom. The SMILES string of the molecule is CCNONCC(C)(C)CO. The summed E-state index contributed by atoms with van der Waals surface area (Å²) in [5, 5.41) is 8.83. The summed E-state index contributed by atoms with van der Waals surface area (Å²) in [5.74, 6) is 0. The van der Waals surface area contributed by atoms with Crippen LogP contribution < -0.4 is 11.0 Å². The molecule has 0 rings (SSSR count). The Morgan fingerprint density at radius 3 is 2.45 bits per heavy atom. The van der Waals surface area contributed by atoms with Crippen LogP contribution in [0.2, 0.25) is 0 Å². The predicted molar refractivity (Wildman–Crippen MR) is 43.6 cm³/mol. The molecule has 11 heavy (non-hydrogen) atoms. The summed E-state index contributed by atoms with van der Waals surface area (Å²) < 4.78 is 0. The van der Waals surface area contributed by atoms with E-state index in [1.165, 1.54) is 0 Å². The van der Waals surface area contributed by atoms with Crippen LogP contribution in [0.4, 0.5) is 0 Å². The van der Waals surface area contributed by atoms with E-state index in [2.05, 4.69) is 11.0 Å². The summed E-state index contributed by atoms with van der Waals surface area (Å²) in [6.07, 6.45) is 0. The van der Waals surface area contributed by atoms with Crippen molar-refractivity contribution in [2.24, 2.45) is 5.41 Å². The Labute approximate surface area is 67.8 Å². The molecular weight excluding hydrogens is 144 g/mol. The molecule has 0 heterocycles. The molecule has 0 aromatic heterocycles. The van der Waals surface area contributed by atoms with E-state index in [1.807, 2.05) is 20.8 Å². The third-order valence-electron chi connectivity index (χ3n) is 1.27. The van der Waals surface area contributed by atoms with Crippen molar-refractivity contribution in [3.05, 3.63) is 0 Å². The van der Waals surface area contributed by atoms with Gasteiger partial charge in [-0.2, -0.15) is 11.0 Å². The molecule has 0 saturated heterocycles. The maximum atomic E-state index is 8.83. The van der Waals surface area contributed by atoms with Crippen molar-refractivity contribution in [3.63, 3.8) is 0 Å². The molecule has 0 aliphatic rings. The minimum atomic E-state index is -0.130. The first kappa shape index (κ1) is 10.8. The second kappa shape index (κ2) is 5.49. The zero-order valence-corrected chi connectivity index (χ0v) is 7.48. The van der Waals surface area contributed by atoms with Crippen molar-refractivity contribution in [3.8, 4) is 0 Å². The Hall–Kier alpha value is -0.160. The highest BCUT2D eigenvalue weighted by molar-refractivity contribution is 4.66. The van der Waals surface area contributed by atoms with E-state index in [9.17, 15) is 0 Å². The van der Waals surface area contributed by atoms with E-state index in [0.29, 0.717) is 6.54 Å². The molecule has 0 fully saturated rings. The summed E-state index contributed by atoms with van der Waals surface area (Å²) in [7, 11) is 0. The van der Waals surface area contributed by atoms with Gasteiger partial charge >= 0.3 is 0 Å². The van der Waals surface area contributed by atoms with Gasteiger partial charge < -0.3 is 5.11 Å². The Balaban J connectivity index is 3.23. The molecule has 0 atom stereocenters. The molecule has 0 aromatic rings. The summed E-state index contributed by atoms with van der Waals surface area (Å²) in [5.41, 5.74) is 5.23. The maximum absolute atomic E-state index is 8.83. The van der Waals surface area contributed by atoms with Gasteiger partial charge in [0.1, 0.15) is 0 Å². The first-order valence-electron chi connectivity index (χ1n) is 3.85. The number of aliphatic hydroxyl groups is 1. The lowest BCUT2D eigenvalue weighted by molar-refractivity contribution is -0.0534. The fourth-order valence-corrected chi connectivity index (χ4v) is 0.411. The van der Waals surface area contributed by atoms with Gasteiger partial charge in [0.15, 0.2) is 0 Å². The van der Waals surface area contributed by atoms with Crippen molar-refractivity contribution in [1.82, 2.24) is 11.0 Å². The van der Waals surface area contributed by atoms with Crippen LogP contribution in [0.25, 0.3) is 0 Å². The Bertz CT molecular complexity index is 96.4. The minimum Gasteiger partial charge on any atom is -0.396 e. The van der Waals surface area contributed by atoms with Crippen LogP contribution in [0, 0.1) is 5.41 Å². The number of hydrogen-bond donors (Lipinski definition) is 3. The zero-order chi connectivity index (χ0) is 8.74. The Morgan fingerprint density at radius 1 is 1.36 bits per heavy atom. The summed E-state index contributed by atoms with van der Waals surface area (Å²) >= 11 is 0. The number of hydrogen-bond acceptors (Lipinski definition) is 4. The standard InChI is InChI=1S/C7H18N2O2/c1-4-8-11-9-5-7(2,3)6-10/h8-10H,4-6H2,1-3H3. The van der Waals surface area contributed by atoms with Crippen molar-refractivity contribution < 1.29 is 10.0 Å².